The molecule has 0 atom stereocenters. The van der Waals surface area contributed by atoms with Gasteiger partial charge in [-0.15, -0.1) is 0 Å². The van der Waals surface area contributed by atoms with Gasteiger partial charge in [0.2, 0.25) is 0 Å². The fraction of sp³-hybridized carbons (Fsp3) is 0.556. The van der Waals surface area contributed by atoms with Gasteiger partial charge in [-0.1, -0.05) is 31.5 Å². The molecule has 0 saturated heterocycles. The number of amides is 1. The summed E-state index contributed by atoms with van der Waals surface area (Å²) in [6.45, 7) is 11.2. The van der Waals surface area contributed by atoms with Crippen molar-refractivity contribution in [3.05, 3.63) is 35.4 Å². The Morgan fingerprint density at radius 1 is 1.17 bits per heavy atom. The van der Waals surface area contributed by atoms with Gasteiger partial charge in [0.25, 0.3) is 5.91 Å². The fourth-order valence-electron chi connectivity index (χ4n) is 2.02. The van der Waals surface area contributed by atoms with Crippen LogP contribution in [0.2, 0.25) is 0 Å². The van der Waals surface area contributed by atoms with Crippen molar-refractivity contribution in [1.29, 1.82) is 0 Å². The molecule has 0 aromatic heterocycles. The minimum absolute atomic E-state index is 0.0442. The third kappa shape index (κ3) is 8.24. The molecule has 1 aromatic rings. The van der Waals surface area contributed by atoms with Gasteiger partial charge in [0.05, 0.1) is 0 Å². The van der Waals surface area contributed by atoms with E-state index in [0.29, 0.717) is 24.6 Å². The topological polar surface area (TPSA) is 65.5 Å². The Kier molecular flexibility index (Phi) is 8.80. The van der Waals surface area contributed by atoms with Crippen LogP contribution in [-0.4, -0.2) is 38.0 Å². The van der Waals surface area contributed by atoms with Crippen molar-refractivity contribution in [3.8, 4) is 0 Å². The van der Waals surface area contributed by atoms with Gasteiger partial charge in [0.1, 0.15) is 0 Å². The summed E-state index contributed by atoms with van der Waals surface area (Å²) in [6.07, 6.45) is 1.07. The maximum absolute atomic E-state index is 12.0. The van der Waals surface area contributed by atoms with Crippen LogP contribution < -0.4 is 16.0 Å². The average Bonchev–Trinajstić information content (AvgIpc) is 2.50. The summed E-state index contributed by atoms with van der Waals surface area (Å²) in [5.74, 6) is 1.41. The number of carbonyl (C=O) groups excluding carboxylic acids is 1. The van der Waals surface area contributed by atoms with Gasteiger partial charge in [-0.3, -0.25) is 9.79 Å². The highest BCUT2D eigenvalue weighted by molar-refractivity contribution is 5.94. The Labute approximate surface area is 140 Å². The highest BCUT2D eigenvalue weighted by Crippen LogP contribution is 2.03. The Morgan fingerprint density at radius 2 is 1.91 bits per heavy atom. The Balaban J connectivity index is 2.34. The molecule has 0 aliphatic heterocycles. The number of nitrogens with one attached hydrogen (secondary N) is 3. The zero-order chi connectivity index (χ0) is 17.1. The van der Waals surface area contributed by atoms with Crippen LogP contribution >= 0.6 is 0 Å². The molecule has 5 nitrogen and oxygen atoms in total. The summed E-state index contributed by atoms with van der Waals surface area (Å²) >= 11 is 0. The fourth-order valence-corrected chi connectivity index (χ4v) is 2.02. The van der Waals surface area contributed by atoms with E-state index in [-0.39, 0.29) is 5.91 Å². The number of rotatable bonds is 8. The molecule has 0 aliphatic carbocycles. The van der Waals surface area contributed by atoms with Crippen LogP contribution in [0.3, 0.4) is 0 Å². The zero-order valence-corrected chi connectivity index (χ0v) is 14.8. The number of benzene rings is 1. The van der Waals surface area contributed by atoms with Crippen LogP contribution in [0.1, 0.15) is 43.1 Å². The molecule has 1 rings (SSSR count). The predicted molar refractivity (Wildman–Crippen MR) is 96.9 cm³/mol. The molecule has 0 bridgehead atoms. The summed E-state index contributed by atoms with van der Waals surface area (Å²) in [4.78, 5) is 16.6. The summed E-state index contributed by atoms with van der Waals surface area (Å²) in [5, 5.41) is 9.36. The quantitative estimate of drug-likeness (QED) is 0.391. The monoisotopic (exact) mass is 318 g/mol. The van der Waals surface area contributed by atoms with Crippen molar-refractivity contribution >= 4 is 11.9 Å². The van der Waals surface area contributed by atoms with Gasteiger partial charge < -0.3 is 16.0 Å². The molecule has 0 saturated carbocycles. The normalized spacial score (nSPS) is 11.4. The third-order valence-electron chi connectivity index (χ3n) is 3.30. The van der Waals surface area contributed by atoms with Gasteiger partial charge in [-0.25, -0.2) is 0 Å². The van der Waals surface area contributed by atoms with E-state index in [1.54, 1.807) is 0 Å². The maximum atomic E-state index is 12.0. The number of carbonyl (C=O) groups is 1. The van der Waals surface area contributed by atoms with Gasteiger partial charge >= 0.3 is 0 Å². The molecule has 0 aliphatic rings. The Morgan fingerprint density at radius 3 is 2.57 bits per heavy atom. The summed E-state index contributed by atoms with van der Waals surface area (Å²) in [7, 11) is 0. The first-order chi connectivity index (χ1) is 11.0. The molecule has 128 valence electrons. The maximum Gasteiger partial charge on any atom is 0.251 e. The van der Waals surface area contributed by atoms with E-state index >= 15 is 0 Å². The largest absolute Gasteiger partial charge is 0.357 e. The number of aliphatic imine (C=N–C) groups is 1. The van der Waals surface area contributed by atoms with Crippen molar-refractivity contribution in [2.24, 2.45) is 10.9 Å². The molecule has 1 amide bonds. The molecule has 1 aromatic carbocycles. The van der Waals surface area contributed by atoms with Gasteiger partial charge in [-0.2, -0.15) is 0 Å². The van der Waals surface area contributed by atoms with Crippen LogP contribution in [0.25, 0.3) is 0 Å². The van der Waals surface area contributed by atoms with Crippen molar-refractivity contribution in [2.75, 3.05) is 26.2 Å². The van der Waals surface area contributed by atoms with Crippen LogP contribution in [0.15, 0.2) is 29.3 Å². The summed E-state index contributed by atoms with van der Waals surface area (Å²) < 4.78 is 0. The van der Waals surface area contributed by atoms with E-state index in [1.165, 1.54) is 0 Å². The van der Waals surface area contributed by atoms with Crippen molar-refractivity contribution in [2.45, 2.75) is 34.1 Å². The number of hydrogen-bond acceptors (Lipinski definition) is 2. The molecular weight excluding hydrogens is 288 g/mol. The first-order valence-electron chi connectivity index (χ1n) is 8.40. The van der Waals surface area contributed by atoms with E-state index in [2.05, 4.69) is 34.8 Å². The van der Waals surface area contributed by atoms with E-state index < -0.39 is 0 Å². The average molecular weight is 318 g/mol. The zero-order valence-electron chi connectivity index (χ0n) is 14.8. The van der Waals surface area contributed by atoms with E-state index in [0.717, 1.165) is 31.0 Å². The van der Waals surface area contributed by atoms with Gasteiger partial charge in [0, 0.05) is 31.7 Å². The standard InChI is InChI=1S/C18H30N4O/c1-5-19-18(21-10-9-14(2)3)22-12-11-20-17(23)16-8-6-7-15(4)13-16/h6-8,13-14H,5,9-12H2,1-4H3,(H,20,23)(H2,19,21,22). The second-order valence-electron chi connectivity index (χ2n) is 6.00. The lowest BCUT2D eigenvalue weighted by atomic mass is 10.1. The first kappa shape index (κ1) is 19.0. The third-order valence-corrected chi connectivity index (χ3v) is 3.30. The molecule has 0 unspecified atom stereocenters. The molecule has 3 N–H and O–H groups in total. The Bertz CT molecular complexity index is 511. The van der Waals surface area contributed by atoms with Crippen LogP contribution in [0.4, 0.5) is 0 Å². The van der Waals surface area contributed by atoms with E-state index in [4.69, 9.17) is 0 Å². The lowest BCUT2D eigenvalue weighted by Gasteiger charge is -2.12. The summed E-state index contributed by atoms with van der Waals surface area (Å²) in [5.41, 5.74) is 1.78. The predicted octanol–water partition coefficient (Wildman–Crippen LogP) is 2.33. The second-order valence-corrected chi connectivity index (χ2v) is 6.00. The SMILES string of the molecule is CCNC(=NCCC(C)C)NCCNC(=O)c1cccc(C)c1. The highest BCUT2D eigenvalue weighted by Gasteiger charge is 2.04. The van der Waals surface area contributed by atoms with E-state index in [1.807, 2.05) is 38.1 Å². The minimum Gasteiger partial charge on any atom is -0.357 e. The summed E-state index contributed by atoms with van der Waals surface area (Å²) in [6, 6.07) is 7.59. The number of aryl methyl sites for hydroxylation is 1. The molecule has 0 heterocycles. The lowest BCUT2D eigenvalue weighted by molar-refractivity contribution is 0.0954. The van der Waals surface area contributed by atoms with Crippen molar-refractivity contribution in [3.63, 3.8) is 0 Å². The minimum atomic E-state index is -0.0442. The Hall–Kier alpha value is -2.04. The molecule has 0 radical (unpaired) electrons. The van der Waals surface area contributed by atoms with Crippen LogP contribution in [-0.2, 0) is 0 Å². The number of guanidine groups is 1. The van der Waals surface area contributed by atoms with Gasteiger partial charge in [-0.05, 0) is 38.3 Å². The van der Waals surface area contributed by atoms with Crippen LogP contribution in [0, 0.1) is 12.8 Å². The molecular formula is C18H30N4O. The smallest absolute Gasteiger partial charge is 0.251 e. The lowest BCUT2D eigenvalue weighted by Crippen LogP contribution is -2.41. The first-order valence-corrected chi connectivity index (χ1v) is 8.40. The van der Waals surface area contributed by atoms with Crippen LogP contribution in [0.5, 0.6) is 0 Å². The van der Waals surface area contributed by atoms with Crippen molar-refractivity contribution in [1.82, 2.24) is 16.0 Å². The van der Waals surface area contributed by atoms with E-state index in [9.17, 15) is 4.79 Å². The molecule has 0 fully saturated rings. The molecule has 5 heteroatoms. The number of nitrogens with zero attached hydrogens (tertiary/aromatic N) is 1. The highest BCUT2D eigenvalue weighted by atomic mass is 16.1. The molecule has 23 heavy (non-hydrogen) atoms. The molecule has 0 spiro atoms. The second kappa shape index (κ2) is 10.6. The van der Waals surface area contributed by atoms with Gasteiger partial charge in [0.15, 0.2) is 5.96 Å². The van der Waals surface area contributed by atoms with Crippen molar-refractivity contribution < 1.29 is 4.79 Å². The number of hydrogen-bond donors (Lipinski definition) is 3.